The fraction of sp³-hybridized carbons (Fsp3) is 0.294. The number of aromatic amines is 1. The lowest BCUT2D eigenvalue weighted by molar-refractivity contribution is -0.120. The lowest BCUT2D eigenvalue weighted by Crippen LogP contribution is -2.38. The number of hydrogen-bond donors (Lipinski definition) is 2. The molecule has 134 valence electrons. The molecule has 3 aromatic rings. The standard InChI is InChI=1S/C17H16F2N6O/c18-12-2-1-11(7-13(12)19)24-17(26)10-3-5-25(6-4-10)16-14-15(21-8-20-14)22-9-23-16/h1-2,7-10H,3-6H2,(H,24,26)(H,20,21,22,23). The summed E-state index contributed by atoms with van der Waals surface area (Å²) in [6, 6.07) is 3.33. The van der Waals surface area contributed by atoms with Gasteiger partial charge in [0.2, 0.25) is 5.91 Å². The minimum Gasteiger partial charge on any atom is -0.355 e. The summed E-state index contributed by atoms with van der Waals surface area (Å²) in [4.78, 5) is 30.1. The second-order valence-electron chi connectivity index (χ2n) is 6.18. The number of carbonyl (C=O) groups is 1. The van der Waals surface area contributed by atoms with Crippen molar-refractivity contribution >= 4 is 28.6 Å². The SMILES string of the molecule is O=C(Nc1ccc(F)c(F)c1)C1CCN(c2ncnc3nc[nH]c23)CC1. The third kappa shape index (κ3) is 3.07. The van der Waals surface area contributed by atoms with Crippen LogP contribution in [0.4, 0.5) is 20.3 Å². The molecule has 1 aromatic carbocycles. The van der Waals surface area contributed by atoms with Crippen molar-refractivity contribution in [3.05, 3.63) is 42.5 Å². The first-order chi connectivity index (χ1) is 12.6. The van der Waals surface area contributed by atoms with Gasteiger partial charge in [-0.1, -0.05) is 0 Å². The number of halogens is 2. The molecule has 0 saturated carbocycles. The van der Waals surface area contributed by atoms with Crippen LogP contribution in [0.15, 0.2) is 30.9 Å². The Morgan fingerprint density at radius 3 is 2.73 bits per heavy atom. The van der Waals surface area contributed by atoms with Crippen LogP contribution in [-0.4, -0.2) is 38.9 Å². The highest BCUT2D eigenvalue weighted by molar-refractivity contribution is 5.92. The van der Waals surface area contributed by atoms with Gasteiger partial charge in [0.05, 0.1) is 6.33 Å². The molecular weight excluding hydrogens is 342 g/mol. The highest BCUT2D eigenvalue weighted by Crippen LogP contribution is 2.26. The molecule has 7 nitrogen and oxygen atoms in total. The van der Waals surface area contributed by atoms with Crippen molar-refractivity contribution in [3.8, 4) is 0 Å². The smallest absolute Gasteiger partial charge is 0.227 e. The maximum Gasteiger partial charge on any atom is 0.227 e. The highest BCUT2D eigenvalue weighted by atomic mass is 19.2. The Balaban J connectivity index is 1.40. The summed E-state index contributed by atoms with van der Waals surface area (Å²) >= 11 is 0. The first kappa shape index (κ1) is 16.4. The van der Waals surface area contributed by atoms with Crippen molar-refractivity contribution in [2.24, 2.45) is 5.92 Å². The molecule has 0 radical (unpaired) electrons. The van der Waals surface area contributed by atoms with E-state index in [1.807, 2.05) is 0 Å². The van der Waals surface area contributed by atoms with E-state index in [1.54, 1.807) is 6.33 Å². The molecule has 0 spiro atoms. The molecule has 1 aliphatic heterocycles. The molecule has 0 aliphatic carbocycles. The van der Waals surface area contributed by atoms with Crippen molar-refractivity contribution in [3.63, 3.8) is 0 Å². The van der Waals surface area contributed by atoms with Crippen LogP contribution in [0.25, 0.3) is 11.2 Å². The number of fused-ring (bicyclic) bond motifs is 1. The summed E-state index contributed by atoms with van der Waals surface area (Å²) in [5, 5.41) is 2.65. The Bertz CT molecular complexity index is 951. The summed E-state index contributed by atoms with van der Waals surface area (Å²) in [5.41, 5.74) is 1.64. The topological polar surface area (TPSA) is 86.8 Å². The zero-order chi connectivity index (χ0) is 18.1. The minimum absolute atomic E-state index is 0.190. The van der Waals surface area contributed by atoms with Crippen LogP contribution < -0.4 is 10.2 Å². The molecule has 2 aromatic heterocycles. The van der Waals surface area contributed by atoms with Gasteiger partial charge < -0.3 is 15.2 Å². The third-order valence-electron chi connectivity index (χ3n) is 4.56. The normalized spacial score (nSPS) is 15.4. The molecular formula is C17H16F2N6O. The van der Waals surface area contributed by atoms with Crippen LogP contribution in [0.2, 0.25) is 0 Å². The van der Waals surface area contributed by atoms with Gasteiger partial charge in [-0.3, -0.25) is 4.79 Å². The number of nitrogens with one attached hydrogen (secondary N) is 2. The molecule has 1 amide bonds. The van der Waals surface area contributed by atoms with E-state index in [2.05, 4.69) is 30.2 Å². The van der Waals surface area contributed by atoms with E-state index >= 15 is 0 Å². The van der Waals surface area contributed by atoms with Gasteiger partial charge >= 0.3 is 0 Å². The Morgan fingerprint density at radius 1 is 1.15 bits per heavy atom. The zero-order valence-electron chi connectivity index (χ0n) is 13.7. The molecule has 9 heteroatoms. The summed E-state index contributed by atoms with van der Waals surface area (Å²) in [5.74, 6) is -1.54. The van der Waals surface area contributed by atoms with E-state index in [0.717, 1.165) is 23.5 Å². The third-order valence-corrected chi connectivity index (χ3v) is 4.56. The Hall–Kier alpha value is -3.10. The van der Waals surface area contributed by atoms with Crippen molar-refractivity contribution in [2.45, 2.75) is 12.8 Å². The van der Waals surface area contributed by atoms with Crippen LogP contribution >= 0.6 is 0 Å². The molecule has 4 rings (SSSR count). The molecule has 2 N–H and O–H groups in total. The van der Waals surface area contributed by atoms with Crippen LogP contribution in [0, 0.1) is 17.6 Å². The van der Waals surface area contributed by atoms with Gasteiger partial charge in [0, 0.05) is 30.8 Å². The monoisotopic (exact) mass is 358 g/mol. The quantitative estimate of drug-likeness (QED) is 0.751. The van der Waals surface area contributed by atoms with Gasteiger partial charge in [-0.05, 0) is 25.0 Å². The predicted molar refractivity (Wildman–Crippen MR) is 91.6 cm³/mol. The van der Waals surface area contributed by atoms with Crippen molar-refractivity contribution < 1.29 is 13.6 Å². The number of amides is 1. The highest BCUT2D eigenvalue weighted by Gasteiger charge is 2.27. The molecule has 0 bridgehead atoms. The lowest BCUT2D eigenvalue weighted by Gasteiger charge is -2.32. The minimum atomic E-state index is -0.982. The predicted octanol–water partition coefficient (Wildman–Crippen LogP) is 2.49. The van der Waals surface area contributed by atoms with Gasteiger partial charge in [-0.25, -0.2) is 23.7 Å². The lowest BCUT2D eigenvalue weighted by atomic mass is 9.95. The molecule has 3 heterocycles. The van der Waals surface area contributed by atoms with Gasteiger partial charge in [-0.15, -0.1) is 0 Å². The second kappa shape index (κ2) is 6.66. The Labute approximate surface area is 147 Å². The van der Waals surface area contributed by atoms with Crippen molar-refractivity contribution in [2.75, 3.05) is 23.3 Å². The second-order valence-corrected chi connectivity index (χ2v) is 6.18. The maximum atomic E-state index is 13.3. The number of nitrogens with zero attached hydrogens (tertiary/aromatic N) is 4. The molecule has 1 saturated heterocycles. The number of anilines is 2. The first-order valence-corrected chi connectivity index (χ1v) is 8.27. The number of benzene rings is 1. The molecule has 0 atom stereocenters. The summed E-state index contributed by atoms with van der Waals surface area (Å²) < 4.78 is 26.2. The molecule has 26 heavy (non-hydrogen) atoms. The van der Waals surface area contributed by atoms with Crippen molar-refractivity contribution in [1.29, 1.82) is 0 Å². The fourth-order valence-electron chi connectivity index (χ4n) is 3.16. The van der Waals surface area contributed by atoms with Crippen LogP contribution in [-0.2, 0) is 4.79 Å². The summed E-state index contributed by atoms with van der Waals surface area (Å²) in [6.07, 6.45) is 4.32. The van der Waals surface area contributed by atoms with Crippen LogP contribution in [0.3, 0.4) is 0 Å². The van der Waals surface area contributed by atoms with E-state index in [9.17, 15) is 13.6 Å². The van der Waals surface area contributed by atoms with Gasteiger partial charge in [0.25, 0.3) is 0 Å². The fourth-order valence-corrected chi connectivity index (χ4v) is 3.16. The van der Waals surface area contributed by atoms with Gasteiger partial charge in [0.15, 0.2) is 23.1 Å². The van der Waals surface area contributed by atoms with E-state index in [-0.39, 0.29) is 17.5 Å². The average molecular weight is 358 g/mol. The van der Waals surface area contributed by atoms with Gasteiger partial charge in [0.1, 0.15) is 11.8 Å². The number of hydrogen-bond acceptors (Lipinski definition) is 5. The molecule has 0 unspecified atom stereocenters. The summed E-state index contributed by atoms with van der Waals surface area (Å²) in [6.45, 7) is 1.31. The zero-order valence-corrected chi connectivity index (χ0v) is 13.7. The number of H-pyrrole nitrogens is 1. The Kier molecular flexibility index (Phi) is 4.19. The van der Waals surface area contributed by atoms with Crippen molar-refractivity contribution in [1.82, 2.24) is 19.9 Å². The van der Waals surface area contributed by atoms with Crippen LogP contribution in [0.1, 0.15) is 12.8 Å². The largest absolute Gasteiger partial charge is 0.355 e. The number of carbonyl (C=O) groups excluding carboxylic acids is 1. The van der Waals surface area contributed by atoms with Crippen LogP contribution in [0.5, 0.6) is 0 Å². The van der Waals surface area contributed by atoms with Gasteiger partial charge in [-0.2, -0.15) is 0 Å². The molecule has 1 fully saturated rings. The maximum absolute atomic E-state index is 13.3. The van der Waals surface area contributed by atoms with E-state index in [0.29, 0.717) is 31.6 Å². The van der Waals surface area contributed by atoms with E-state index in [1.165, 1.54) is 12.4 Å². The number of imidazole rings is 1. The number of rotatable bonds is 3. The number of aromatic nitrogens is 4. The average Bonchev–Trinajstić information content (AvgIpc) is 3.14. The van der Waals surface area contributed by atoms with E-state index in [4.69, 9.17) is 0 Å². The number of piperidine rings is 1. The summed E-state index contributed by atoms with van der Waals surface area (Å²) in [7, 11) is 0. The Morgan fingerprint density at radius 2 is 1.96 bits per heavy atom. The molecule has 1 aliphatic rings. The first-order valence-electron chi connectivity index (χ1n) is 8.27. The van der Waals surface area contributed by atoms with E-state index < -0.39 is 11.6 Å².